The van der Waals surface area contributed by atoms with Crippen LogP contribution in [-0.4, -0.2) is 41.7 Å². The van der Waals surface area contributed by atoms with Crippen LogP contribution in [0.1, 0.15) is 29.7 Å². The number of nitrogens with zero attached hydrogens (tertiary/aromatic N) is 4. The van der Waals surface area contributed by atoms with Gasteiger partial charge in [0.15, 0.2) is 5.13 Å². The van der Waals surface area contributed by atoms with E-state index in [4.69, 9.17) is 4.98 Å². The van der Waals surface area contributed by atoms with Crippen LogP contribution < -0.4 is 4.90 Å². The molecule has 3 heterocycles. The van der Waals surface area contributed by atoms with Crippen LogP contribution in [0.2, 0.25) is 0 Å². The topological polar surface area (TPSA) is 83.5 Å². The largest absolute Gasteiger partial charge is 0.282 e. The summed E-state index contributed by atoms with van der Waals surface area (Å²) in [6.45, 7) is 4.26. The van der Waals surface area contributed by atoms with E-state index in [0.29, 0.717) is 16.9 Å². The van der Waals surface area contributed by atoms with Crippen LogP contribution in [0.4, 0.5) is 13.9 Å². The quantitative estimate of drug-likeness (QED) is 0.325. The first-order chi connectivity index (χ1) is 18.1. The zero-order valence-electron chi connectivity index (χ0n) is 20.9. The van der Waals surface area contributed by atoms with E-state index >= 15 is 0 Å². The summed E-state index contributed by atoms with van der Waals surface area (Å²) in [4.78, 5) is 23.9. The first kappa shape index (κ1) is 26.3. The predicted molar refractivity (Wildman–Crippen MR) is 142 cm³/mol. The van der Waals surface area contributed by atoms with Crippen molar-refractivity contribution in [2.45, 2.75) is 38.1 Å². The highest BCUT2D eigenvalue weighted by Crippen LogP contribution is 2.35. The van der Waals surface area contributed by atoms with Gasteiger partial charge < -0.3 is 0 Å². The minimum Gasteiger partial charge on any atom is -0.282 e. The van der Waals surface area contributed by atoms with E-state index in [1.807, 2.05) is 38.1 Å². The van der Waals surface area contributed by atoms with Gasteiger partial charge in [-0.15, -0.1) is 0 Å². The zero-order valence-corrected chi connectivity index (χ0v) is 22.5. The smallest absolute Gasteiger partial charge is 0.246 e. The van der Waals surface area contributed by atoms with E-state index in [1.54, 1.807) is 17.2 Å². The summed E-state index contributed by atoms with van der Waals surface area (Å²) >= 11 is 1.43. The molecule has 2 aromatic carbocycles. The number of pyridine rings is 1. The molecule has 4 aromatic rings. The van der Waals surface area contributed by atoms with E-state index in [0.717, 1.165) is 37.8 Å². The Morgan fingerprint density at radius 2 is 1.87 bits per heavy atom. The lowest BCUT2D eigenvalue weighted by molar-refractivity contribution is -0.123. The summed E-state index contributed by atoms with van der Waals surface area (Å²) in [7, 11) is -4.24. The molecule has 0 unspecified atom stereocenters. The summed E-state index contributed by atoms with van der Waals surface area (Å²) < 4.78 is 56.0. The Balaban J connectivity index is 1.40. The molecule has 1 aliphatic rings. The number of thiazole rings is 1. The molecular weight excluding hydrogens is 530 g/mol. The molecule has 5 rings (SSSR count). The van der Waals surface area contributed by atoms with Crippen LogP contribution in [0.15, 0.2) is 59.6 Å². The molecule has 1 aliphatic heterocycles. The summed E-state index contributed by atoms with van der Waals surface area (Å²) in [6.07, 6.45) is 2.16. The molecule has 0 saturated carbocycles. The van der Waals surface area contributed by atoms with Gasteiger partial charge in [-0.2, -0.15) is 4.31 Å². The van der Waals surface area contributed by atoms with Crippen LogP contribution in [-0.2, 0) is 21.4 Å². The number of aryl methyl sites for hydroxylation is 2. The molecule has 1 fully saturated rings. The van der Waals surface area contributed by atoms with Crippen molar-refractivity contribution >= 4 is 42.6 Å². The van der Waals surface area contributed by atoms with Crippen molar-refractivity contribution in [2.24, 2.45) is 5.92 Å². The van der Waals surface area contributed by atoms with Crippen molar-refractivity contribution in [3.05, 3.63) is 83.2 Å². The number of sulfonamides is 1. The number of benzene rings is 2. The fourth-order valence-electron chi connectivity index (χ4n) is 4.75. The Hall–Kier alpha value is -3.28. The SMILES string of the molecule is Cc1cc(C)c2nc(N(Cc3ccccn3)C(=O)C3CCN(S(=O)(=O)c4cc(F)ccc4F)CC3)sc2c1. The summed E-state index contributed by atoms with van der Waals surface area (Å²) in [5.74, 6) is -2.47. The number of fused-ring (bicyclic) bond motifs is 1. The van der Waals surface area contributed by atoms with Crippen molar-refractivity contribution < 1.29 is 22.0 Å². The Morgan fingerprint density at radius 3 is 2.58 bits per heavy atom. The van der Waals surface area contributed by atoms with Crippen LogP contribution >= 0.6 is 11.3 Å². The molecule has 0 spiro atoms. The number of hydrogen-bond acceptors (Lipinski definition) is 6. The Morgan fingerprint density at radius 1 is 1.11 bits per heavy atom. The number of anilines is 1. The molecule has 198 valence electrons. The highest BCUT2D eigenvalue weighted by Gasteiger charge is 2.36. The number of carbonyl (C=O) groups excluding carboxylic acids is 1. The second-order valence-electron chi connectivity index (χ2n) is 9.42. The molecule has 1 amide bonds. The standard InChI is InChI=1S/C27H26F2N4O3S2/c1-17-13-18(2)25-23(14-17)37-27(31-25)33(16-21-5-3-4-10-30-21)26(34)19-8-11-32(12-9-19)38(35,36)24-15-20(28)6-7-22(24)29/h3-7,10,13-15,19H,8-9,11-12,16H2,1-2H3. The number of hydrogen-bond donors (Lipinski definition) is 0. The van der Waals surface area contributed by atoms with Gasteiger partial charge >= 0.3 is 0 Å². The fraction of sp³-hybridized carbons (Fsp3) is 0.296. The minimum atomic E-state index is -4.24. The van der Waals surface area contributed by atoms with E-state index in [2.05, 4.69) is 4.98 Å². The molecule has 0 N–H and O–H groups in total. The second kappa shape index (κ2) is 10.5. The maximum absolute atomic E-state index is 14.2. The van der Waals surface area contributed by atoms with Crippen LogP contribution in [0.3, 0.4) is 0 Å². The van der Waals surface area contributed by atoms with Crippen molar-refractivity contribution in [1.29, 1.82) is 0 Å². The third-order valence-electron chi connectivity index (χ3n) is 6.68. The minimum absolute atomic E-state index is 0.0181. The number of carbonyl (C=O) groups is 1. The molecule has 0 atom stereocenters. The van der Waals surface area contributed by atoms with Gasteiger partial charge in [-0.3, -0.25) is 14.7 Å². The molecule has 38 heavy (non-hydrogen) atoms. The summed E-state index contributed by atoms with van der Waals surface area (Å²) in [5.41, 5.74) is 3.68. The van der Waals surface area contributed by atoms with Crippen LogP contribution in [0.5, 0.6) is 0 Å². The molecular formula is C27H26F2N4O3S2. The van der Waals surface area contributed by atoms with Crippen molar-refractivity contribution in [3.8, 4) is 0 Å². The normalized spacial score (nSPS) is 15.2. The monoisotopic (exact) mass is 556 g/mol. The van der Waals surface area contributed by atoms with Gasteiger partial charge in [0.25, 0.3) is 0 Å². The van der Waals surface area contributed by atoms with Crippen LogP contribution in [0, 0.1) is 31.4 Å². The first-order valence-electron chi connectivity index (χ1n) is 12.2. The molecule has 0 radical (unpaired) electrons. The van der Waals surface area contributed by atoms with Gasteiger partial charge in [-0.25, -0.2) is 22.2 Å². The van der Waals surface area contributed by atoms with Gasteiger partial charge in [0.05, 0.1) is 22.5 Å². The number of halogens is 2. The van der Waals surface area contributed by atoms with Gasteiger partial charge in [-0.1, -0.05) is 23.5 Å². The average Bonchev–Trinajstić information content (AvgIpc) is 3.33. The van der Waals surface area contributed by atoms with E-state index in [1.165, 1.54) is 11.3 Å². The lowest BCUT2D eigenvalue weighted by Crippen LogP contribution is -2.44. The highest BCUT2D eigenvalue weighted by atomic mass is 32.2. The van der Waals surface area contributed by atoms with E-state index in [-0.39, 0.29) is 38.4 Å². The fourth-order valence-corrected chi connectivity index (χ4v) is 7.44. The zero-order chi connectivity index (χ0) is 27.0. The Kier molecular flexibility index (Phi) is 7.26. The average molecular weight is 557 g/mol. The molecule has 0 bridgehead atoms. The van der Waals surface area contributed by atoms with Gasteiger partial charge in [0.1, 0.15) is 16.5 Å². The van der Waals surface area contributed by atoms with Crippen LogP contribution in [0.25, 0.3) is 10.2 Å². The number of amides is 1. The lowest BCUT2D eigenvalue weighted by atomic mass is 9.96. The maximum Gasteiger partial charge on any atom is 0.246 e. The van der Waals surface area contributed by atoms with E-state index < -0.39 is 32.5 Å². The number of aromatic nitrogens is 2. The summed E-state index contributed by atoms with van der Waals surface area (Å²) in [6, 6.07) is 12.0. The third-order valence-corrected chi connectivity index (χ3v) is 9.61. The number of piperidine rings is 1. The molecule has 2 aromatic heterocycles. The molecule has 11 heteroatoms. The Labute approximate surface area is 223 Å². The summed E-state index contributed by atoms with van der Waals surface area (Å²) in [5, 5.41) is 0.557. The highest BCUT2D eigenvalue weighted by molar-refractivity contribution is 7.89. The number of rotatable bonds is 6. The first-order valence-corrected chi connectivity index (χ1v) is 14.4. The lowest BCUT2D eigenvalue weighted by Gasteiger charge is -2.33. The molecule has 7 nitrogen and oxygen atoms in total. The van der Waals surface area contributed by atoms with Gasteiger partial charge in [-0.05, 0) is 74.2 Å². The molecule has 1 saturated heterocycles. The van der Waals surface area contributed by atoms with E-state index in [9.17, 15) is 22.0 Å². The van der Waals surface area contributed by atoms with Gasteiger partial charge in [0, 0.05) is 25.2 Å². The molecule has 0 aliphatic carbocycles. The Bertz CT molecular complexity index is 1600. The van der Waals surface area contributed by atoms with Crippen molar-refractivity contribution in [3.63, 3.8) is 0 Å². The third kappa shape index (κ3) is 5.18. The predicted octanol–water partition coefficient (Wildman–Crippen LogP) is 5.22. The van der Waals surface area contributed by atoms with Gasteiger partial charge in [0.2, 0.25) is 15.9 Å². The van der Waals surface area contributed by atoms with Crippen molar-refractivity contribution in [2.75, 3.05) is 18.0 Å². The second-order valence-corrected chi connectivity index (χ2v) is 12.3. The maximum atomic E-state index is 14.2. The van der Waals surface area contributed by atoms with Crippen molar-refractivity contribution in [1.82, 2.24) is 14.3 Å².